The third kappa shape index (κ3) is 9.04. The normalized spacial score (nSPS) is 5.50. The fourth-order valence-corrected chi connectivity index (χ4v) is 0. The number of rotatable bonds is 1. The van der Waals surface area contributed by atoms with Gasteiger partial charge in [-0.25, -0.2) is 0 Å². The summed E-state index contributed by atoms with van der Waals surface area (Å²) in [6.07, 6.45) is 1.62. The molecule has 0 saturated heterocycles. The molecule has 0 bridgehead atoms. The SMILES string of the molecule is [CH-]=C[C](C)=[W].[Y]. The predicted octanol–water partition coefficient (Wildman–Crippen LogP) is 0.712. The summed E-state index contributed by atoms with van der Waals surface area (Å²) >= 11 is 1.45. The zero-order chi connectivity index (χ0) is 4.28. The molecule has 1 radical (unpaired) electrons. The van der Waals surface area contributed by atoms with Gasteiger partial charge in [-0.15, -0.1) is 0 Å². The van der Waals surface area contributed by atoms with Gasteiger partial charge in [0.25, 0.3) is 0 Å². The van der Waals surface area contributed by atoms with Crippen molar-refractivity contribution in [2.75, 3.05) is 0 Å². The fraction of sp³-hybridized carbons (Fsp3) is 0.250. The van der Waals surface area contributed by atoms with Gasteiger partial charge in [-0.3, -0.25) is 0 Å². The van der Waals surface area contributed by atoms with Crippen LogP contribution in [0.4, 0.5) is 0 Å². The van der Waals surface area contributed by atoms with Gasteiger partial charge in [0.15, 0.2) is 0 Å². The van der Waals surface area contributed by atoms with Crippen LogP contribution in [0.5, 0.6) is 0 Å². The predicted molar refractivity (Wildman–Crippen MR) is 19.6 cm³/mol. The smallest absolute Gasteiger partial charge is 0 e. The summed E-state index contributed by atoms with van der Waals surface area (Å²) in [6.45, 7) is 7.03. The molecule has 0 saturated carbocycles. The van der Waals surface area contributed by atoms with Crippen LogP contribution < -0.4 is 0 Å². The van der Waals surface area contributed by atoms with E-state index in [2.05, 4.69) is 0 Å². The van der Waals surface area contributed by atoms with Crippen molar-refractivity contribution in [3.05, 3.63) is 12.7 Å². The molecule has 0 aliphatic heterocycles. The van der Waals surface area contributed by atoms with E-state index in [0.717, 1.165) is 0 Å². The summed E-state index contributed by atoms with van der Waals surface area (Å²) in [6, 6.07) is 0. The van der Waals surface area contributed by atoms with E-state index in [1.165, 1.54) is 23.3 Å². The minimum Gasteiger partial charge on any atom is 0 e. The van der Waals surface area contributed by atoms with Gasteiger partial charge in [-0.05, 0) is 0 Å². The van der Waals surface area contributed by atoms with Gasteiger partial charge in [0.2, 0.25) is 0 Å². The molecule has 2 heteroatoms. The molecule has 0 N–H and O–H groups in total. The third-order valence-corrected chi connectivity index (χ3v) is 0.724. The topological polar surface area (TPSA) is 0 Å². The molecule has 0 amide bonds. The van der Waals surface area contributed by atoms with Gasteiger partial charge in [-0.1, -0.05) is 0 Å². The first-order valence-electron chi connectivity index (χ1n) is 1.33. The van der Waals surface area contributed by atoms with Crippen LogP contribution in [0.15, 0.2) is 6.08 Å². The molecule has 0 aromatic carbocycles. The second-order valence-electron chi connectivity index (χ2n) is 0.777. The average Bonchev–Trinajstić information content (AvgIpc) is 1.38. The summed E-state index contributed by atoms with van der Waals surface area (Å²) in [7, 11) is 0. The number of hydrogen-bond acceptors (Lipinski definition) is 0. The summed E-state index contributed by atoms with van der Waals surface area (Å²) in [5.41, 5.74) is 0. The Balaban J connectivity index is 0. The van der Waals surface area contributed by atoms with Crippen molar-refractivity contribution in [3.63, 3.8) is 0 Å². The van der Waals surface area contributed by atoms with Gasteiger partial charge in [-0.2, -0.15) is 0 Å². The maximum absolute atomic E-state index is 5.03. The van der Waals surface area contributed by atoms with E-state index in [9.17, 15) is 0 Å². The van der Waals surface area contributed by atoms with E-state index >= 15 is 0 Å². The van der Waals surface area contributed by atoms with Crippen LogP contribution in [0.25, 0.3) is 0 Å². The summed E-state index contributed by atoms with van der Waals surface area (Å²) < 4.78 is 1.24. The van der Waals surface area contributed by atoms with E-state index in [-0.39, 0.29) is 32.7 Å². The van der Waals surface area contributed by atoms with Crippen molar-refractivity contribution in [1.29, 1.82) is 0 Å². The first-order chi connectivity index (χ1) is 2.27. The Bertz CT molecular complexity index is 58.6. The fourth-order valence-electron chi connectivity index (χ4n) is 0. The van der Waals surface area contributed by atoms with Crippen molar-refractivity contribution >= 4 is 3.90 Å². The zero-order valence-electron chi connectivity index (χ0n) is 3.64. The van der Waals surface area contributed by atoms with Crippen LogP contribution in [0.2, 0.25) is 0 Å². The van der Waals surface area contributed by atoms with E-state index in [1.807, 2.05) is 6.92 Å². The number of allylic oxidation sites excluding steroid dienone is 1. The van der Waals surface area contributed by atoms with E-state index < -0.39 is 0 Å². The third-order valence-electron chi connectivity index (χ3n) is 0.235. The van der Waals surface area contributed by atoms with Gasteiger partial charge in [0, 0.05) is 32.7 Å². The van der Waals surface area contributed by atoms with Crippen LogP contribution >= 0.6 is 0 Å². The minimum atomic E-state index is 0. The monoisotopic (exact) mass is 326 g/mol. The second kappa shape index (κ2) is 6.40. The Morgan fingerprint density at radius 1 is 1.83 bits per heavy atom. The molecular weight excluding hydrogens is 321 g/mol. The minimum absolute atomic E-state index is 0. The summed E-state index contributed by atoms with van der Waals surface area (Å²) in [5.74, 6) is 0. The van der Waals surface area contributed by atoms with Gasteiger partial charge in [0.1, 0.15) is 0 Å². The maximum Gasteiger partial charge on any atom is 0 e. The molecule has 0 atom stereocenters. The van der Waals surface area contributed by atoms with Crippen LogP contribution in [0.1, 0.15) is 6.92 Å². The Kier molecular flexibility index (Phi) is 11.1. The molecule has 0 aliphatic carbocycles. The second-order valence-corrected chi connectivity index (χ2v) is 3.09. The molecule has 0 rings (SSSR count). The molecular formula is C4H5WY-. The Hall–Kier alpha value is 1.40. The molecule has 0 aliphatic rings. The maximum atomic E-state index is 5.03. The van der Waals surface area contributed by atoms with E-state index in [1.54, 1.807) is 6.08 Å². The molecule has 0 nitrogen and oxygen atoms in total. The van der Waals surface area contributed by atoms with E-state index in [4.69, 9.17) is 6.58 Å². The first kappa shape index (κ1) is 10.4. The van der Waals surface area contributed by atoms with Crippen LogP contribution in [0, 0.1) is 6.58 Å². The molecule has 6 heavy (non-hydrogen) atoms. The molecule has 0 heterocycles. The Morgan fingerprint density at radius 3 is 2.00 bits per heavy atom. The molecule has 0 fully saturated rings. The van der Waals surface area contributed by atoms with Crippen LogP contribution in [0.3, 0.4) is 0 Å². The molecule has 0 aromatic rings. The molecule has 0 unspecified atom stereocenters. The zero-order valence-corrected chi connectivity index (χ0v) is 9.41. The summed E-state index contributed by atoms with van der Waals surface area (Å²) in [5, 5.41) is 0. The van der Waals surface area contributed by atoms with Gasteiger partial charge < -0.3 is 0 Å². The number of hydrogen-bond donors (Lipinski definition) is 0. The van der Waals surface area contributed by atoms with Crippen LogP contribution in [-0.2, 0) is 52.1 Å². The molecule has 31 valence electrons. The van der Waals surface area contributed by atoms with Crippen molar-refractivity contribution in [2.24, 2.45) is 0 Å². The van der Waals surface area contributed by atoms with Gasteiger partial charge in [0.05, 0.1) is 0 Å². The van der Waals surface area contributed by atoms with Crippen molar-refractivity contribution in [2.45, 2.75) is 6.92 Å². The largest absolute Gasteiger partial charge is 0 e. The Morgan fingerprint density at radius 2 is 2.00 bits per heavy atom. The van der Waals surface area contributed by atoms with Crippen molar-refractivity contribution in [1.82, 2.24) is 0 Å². The quantitative estimate of drug-likeness (QED) is 0.623. The van der Waals surface area contributed by atoms with Crippen LogP contribution in [-0.4, -0.2) is 3.90 Å². The van der Waals surface area contributed by atoms with Crippen molar-refractivity contribution in [3.8, 4) is 0 Å². The molecule has 0 aromatic heterocycles. The average molecular weight is 326 g/mol. The van der Waals surface area contributed by atoms with Crippen molar-refractivity contribution < 1.29 is 52.1 Å². The van der Waals surface area contributed by atoms with E-state index in [0.29, 0.717) is 0 Å². The van der Waals surface area contributed by atoms with Gasteiger partial charge >= 0.3 is 42.8 Å². The molecule has 0 spiro atoms. The Labute approximate surface area is 74.7 Å². The first-order valence-corrected chi connectivity index (χ1v) is 2.79. The summed E-state index contributed by atoms with van der Waals surface area (Å²) in [4.78, 5) is 0. The standard InChI is InChI=1S/C4H5.W.Y/c1-3-4-2;;/h1,3H,2H3;;/q-1;;.